The van der Waals surface area contributed by atoms with Gasteiger partial charge in [0.05, 0.1) is 31.5 Å². The maximum Gasteiger partial charge on any atom is 0.117 e. The van der Waals surface area contributed by atoms with E-state index in [4.69, 9.17) is 9.47 Å². The van der Waals surface area contributed by atoms with Gasteiger partial charge in [-0.15, -0.1) is 0 Å². The number of hydrogen-bond donors (Lipinski definition) is 3. The van der Waals surface area contributed by atoms with E-state index in [1.807, 2.05) is 6.92 Å². The van der Waals surface area contributed by atoms with Gasteiger partial charge in [0, 0.05) is 19.4 Å². The summed E-state index contributed by atoms with van der Waals surface area (Å²) in [5.41, 5.74) is -0.784. The normalized spacial score (nSPS) is 25.4. The maximum absolute atomic E-state index is 10.1. The van der Waals surface area contributed by atoms with Crippen LogP contribution in [0.2, 0.25) is 0 Å². The molecule has 0 aliphatic carbocycles. The Balaban J connectivity index is 2.24. The zero-order valence-corrected chi connectivity index (χ0v) is 17.7. The number of ether oxygens (including phenoxy) is 2. The van der Waals surface area contributed by atoms with E-state index < -0.39 is 11.7 Å². The Hall–Kier alpha value is -0.200. The van der Waals surface area contributed by atoms with Crippen LogP contribution >= 0.6 is 0 Å². The third-order valence-corrected chi connectivity index (χ3v) is 5.92. The van der Waals surface area contributed by atoms with Crippen LogP contribution in [0.5, 0.6) is 0 Å². The van der Waals surface area contributed by atoms with Gasteiger partial charge in [0.25, 0.3) is 0 Å². The highest BCUT2D eigenvalue weighted by Gasteiger charge is 2.43. The lowest BCUT2D eigenvalue weighted by atomic mass is 9.86. The van der Waals surface area contributed by atoms with Crippen molar-refractivity contribution in [1.29, 1.82) is 0 Å². The highest BCUT2D eigenvalue weighted by molar-refractivity contribution is 4.93. The molecule has 2 unspecified atom stereocenters. The number of hydrogen-bond acceptors (Lipinski definition) is 5. The summed E-state index contributed by atoms with van der Waals surface area (Å²) in [5.74, 6) is 0. The lowest BCUT2D eigenvalue weighted by molar-refractivity contribution is -0.218. The fraction of sp³-hybridized carbons (Fsp3) is 1.00. The Morgan fingerprint density at radius 1 is 0.889 bits per heavy atom. The Bertz CT molecular complexity index is 346. The molecule has 4 atom stereocenters. The standard InChI is InChI=1S/C22H44O5/c1-3-5-6-7-8-9-10-11-12-13-14-26-22(4-2,18-24)21-16-19(25)15-20(17-23)27-21/h19-21,23-25H,3-18H2,1-2H3/t19-,20-,21?,22?/m0/s1. The molecule has 3 N–H and O–H groups in total. The molecular formula is C22H44O5. The van der Waals surface area contributed by atoms with Crippen LogP contribution in [0.4, 0.5) is 0 Å². The van der Waals surface area contributed by atoms with Crippen molar-refractivity contribution in [3.63, 3.8) is 0 Å². The first-order chi connectivity index (χ1) is 13.1. The summed E-state index contributed by atoms with van der Waals surface area (Å²) in [6.07, 6.45) is 13.0. The van der Waals surface area contributed by atoms with E-state index in [1.54, 1.807) is 0 Å². The molecule has 1 heterocycles. The molecule has 5 heteroatoms. The minimum absolute atomic E-state index is 0.114. The Morgan fingerprint density at radius 3 is 2.00 bits per heavy atom. The summed E-state index contributed by atoms with van der Waals surface area (Å²) in [7, 11) is 0. The minimum atomic E-state index is -0.784. The number of aliphatic hydroxyl groups is 3. The molecule has 0 amide bonds. The first kappa shape index (κ1) is 24.8. The van der Waals surface area contributed by atoms with Crippen molar-refractivity contribution in [2.75, 3.05) is 19.8 Å². The monoisotopic (exact) mass is 388 g/mol. The molecule has 0 bridgehead atoms. The summed E-state index contributed by atoms with van der Waals surface area (Å²) in [6.45, 7) is 4.59. The van der Waals surface area contributed by atoms with Crippen LogP contribution in [0.25, 0.3) is 0 Å². The third-order valence-electron chi connectivity index (χ3n) is 5.92. The van der Waals surface area contributed by atoms with Crippen molar-refractivity contribution in [2.24, 2.45) is 0 Å². The quantitative estimate of drug-likeness (QED) is 0.349. The van der Waals surface area contributed by atoms with Crippen molar-refractivity contribution in [1.82, 2.24) is 0 Å². The third kappa shape index (κ3) is 9.23. The highest BCUT2D eigenvalue weighted by Crippen LogP contribution is 2.32. The topological polar surface area (TPSA) is 79.2 Å². The van der Waals surface area contributed by atoms with Crippen molar-refractivity contribution in [3.05, 3.63) is 0 Å². The summed E-state index contributed by atoms with van der Waals surface area (Å²) >= 11 is 0. The molecule has 1 fully saturated rings. The van der Waals surface area contributed by atoms with Gasteiger partial charge in [0.15, 0.2) is 0 Å². The second-order valence-electron chi connectivity index (χ2n) is 8.16. The number of unbranched alkanes of at least 4 members (excludes halogenated alkanes) is 9. The molecule has 0 radical (unpaired) electrons. The molecule has 1 rings (SSSR count). The van der Waals surface area contributed by atoms with Gasteiger partial charge in [0.1, 0.15) is 5.60 Å². The molecule has 0 aromatic heterocycles. The van der Waals surface area contributed by atoms with Gasteiger partial charge in [-0.2, -0.15) is 0 Å². The van der Waals surface area contributed by atoms with Crippen molar-refractivity contribution >= 4 is 0 Å². The average Bonchev–Trinajstić information content (AvgIpc) is 2.69. The predicted octanol–water partition coefficient (Wildman–Crippen LogP) is 3.97. The van der Waals surface area contributed by atoms with Crippen molar-refractivity contribution in [2.45, 2.75) is 121 Å². The zero-order valence-electron chi connectivity index (χ0n) is 17.7. The molecule has 0 saturated carbocycles. The van der Waals surface area contributed by atoms with E-state index in [1.165, 1.54) is 51.4 Å². The molecule has 0 aromatic carbocycles. The SMILES string of the molecule is CCCCCCCCCCCCOC(CC)(CO)C1C[C@@H](O)C[C@@H](CO)O1. The molecule has 1 aliphatic heterocycles. The molecule has 0 aromatic rings. The largest absolute Gasteiger partial charge is 0.394 e. The summed E-state index contributed by atoms with van der Waals surface area (Å²) in [4.78, 5) is 0. The van der Waals surface area contributed by atoms with Crippen LogP contribution in [0.1, 0.15) is 97.3 Å². The maximum atomic E-state index is 10.1. The van der Waals surface area contributed by atoms with E-state index in [2.05, 4.69) is 6.92 Å². The van der Waals surface area contributed by atoms with Crippen molar-refractivity contribution in [3.8, 4) is 0 Å². The fourth-order valence-electron chi connectivity index (χ4n) is 3.99. The van der Waals surface area contributed by atoms with Gasteiger partial charge >= 0.3 is 0 Å². The fourth-order valence-corrected chi connectivity index (χ4v) is 3.99. The zero-order chi connectivity index (χ0) is 20.0. The van der Waals surface area contributed by atoms with E-state index in [-0.39, 0.29) is 25.4 Å². The van der Waals surface area contributed by atoms with Crippen LogP contribution in [0.15, 0.2) is 0 Å². The van der Waals surface area contributed by atoms with E-state index in [0.717, 1.165) is 12.8 Å². The van der Waals surface area contributed by atoms with Gasteiger partial charge in [-0.25, -0.2) is 0 Å². The van der Waals surface area contributed by atoms with Crippen LogP contribution in [0, 0.1) is 0 Å². The van der Waals surface area contributed by atoms with Crippen LogP contribution in [0.3, 0.4) is 0 Å². The van der Waals surface area contributed by atoms with Gasteiger partial charge in [-0.05, 0) is 12.8 Å². The Labute approximate surface area is 166 Å². The Kier molecular flexibility index (Phi) is 13.6. The van der Waals surface area contributed by atoms with Gasteiger partial charge in [0.2, 0.25) is 0 Å². The van der Waals surface area contributed by atoms with Crippen molar-refractivity contribution < 1.29 is 24.8 Å². The summed E-state index contributed by atoms with van der Waals surface area (Å²) in [5, 5.41) is 29.4. The number of aliphatic hydroxyl groups excluding tert-OH is 3. The number of rotatable bonds is 16. The van der Waals surface area contributed by atoms with E-state index >= 15 is 0 Å². The first-order valence-corrected chi connectivity index (χ1v) is 11.3. The molecular weight excluding hydrogens is 344 g/mol. The van der Waals surface area contributed by atoms with Crippen LogP contribution in [-0.2, 0) is 9.47 Å². The summed E-state index contributed by atoms with van der Waals surface area (Å²) < 4.78 is 12.0. The lowest BCUT2D eigenvalue weighted by Crippen LogP contribution is -2.54. The predicted molar refractivity (Wildman–Crippen MR) is 109 cm³/mol. The second kappa shape index (κ2) is 14.7. The van der Waals surface area contributed by atoms with Gasteiger partial charge in [-0.3, -0.25) is 0 Å². The van der Waals surface area contributed by atoms with Crippen LogP contribution in [-0.4, -0.2) is 59.1 Å². The smallest absolute Gasteiger partial charge is 0.117 e. The summed E-state index contributed by atoms with van der Waals surface area (Å²) in [6, 6.07) is 0. The highest BCUT2D eigenvalue weighted by atomic mass is 16.6. The van der Waals surface area contributed by atoms with E-state index in [9.17, 15) is 15.3 Å². The van der Waals surface area contributed by atoms with Crippen LogP contribution < -0.4 is 0 Å². The molecule has 1 saturated heterocycles. The second-order valence-corrected chi connectivity index (χ2v) is 8.16. The van der Waals surface area contributed by atoms with E-state index in [0.29, 0.717) is 25.9 Å². The molecule has 27 heavy (non-hydrogen) atoms. The molecule has 0 spiro atoms. The molecule has 162 valence electrons. The Morgan fingerprint density at radius 2 is 1.48 bits per heavy atom. The molecule has 1 aliphatic rings. The minimum Gasteiger partial charge on any atom is -0.394 e. The lowest BCUT2D eigenvalue weighted by Gasteiger charge is -2.43. The first-order valence-electron chi connectivity index (χ1n) is 11.3. The van der Waals surface area contributed by atoms with Gasteiger partial charge < -0.3 is 24.8 Å². The van der Waals surface area contributed by atoms with Gasteiger partial charge in [-0.1, -0.05) is 71.6 Å². The molecule has 5 nitrogen and oxygen atoms in total. The average molecular weight is 389 g/mol.